The maximum absolute atomic E-state index is 12.6. The molecule has 8 heteroatoms. The monoisotopic (exact) mass is 476 g/mol. The number of carbonyl (C=O) groups excluding carboxylic acids is 2. The second-order valence-electron chi connectivity index (χ2n) is 7.01. The molecule has 3 aromatic carbocycles. The maximum Gasteiger partial charge on any atom is 0.257 e. The van der Waals surface area contributed by atoms with Crippen molar-refractivity contribution >= 4 is 40.8 Å². The fourth-order valence-electron chi connectivity index (χ4n) is 3.11. The van der Waals surface area contributed by atoms with Crippen LogP contribution in [0.4, 0.5) is 5.69 Å². The molecule has 174 valence electrons. The summed E-state index contributed by atoms with van der Waals surface area (Å²) in [6.45, 7) is 0. The Kier molecular flexibility index (Phi) is 8.37. The second-order valence-corrected chi connectivity index (χ2v) is 7.42. The summed E-state index contributed by atoms with van der Waals surface area (Å²) in [5, 5.41) is 5.72. The van der Waals surface area contributed by atoms with Gasteiger partial charge < -0.3 is 19.5 Å². The van der Waals surface area contributed by atoms with Gasteiger partial charge in [0.15, 0.2) is 22.4 Å². The van der Waals surface area contributed by atoms with Crippen LogP contribution < -0.4 is 24.8 Å². The van der Waals surface area contributed by atoms with Gasteiger partial charge >= 0.3 is 0 Å². The van der Waals surface area contributed by atoms with E-state index in [2.05, 4.69) is 10.6 Å². The third-order valence-electron chi connectivity index (χ3n) is 4.80. The van der Waals surface area contributed by atoms with Crippen LogP contribution in [0.25, 0.3) is 6.08 Å². The third kappa shape index (κ3) is 6.20. The van der Waals surface area contributed by atoms with Gasteiger partial charge in [-0.1, -0.05) is 24.3 Å². The van der Waals surface area contributed by atoms with E-state index in [0.717, 1.165) is 5.56 Å². The van der Waals surface area contributed by atoms with Crippen molar-refractivity contribution in [3.8, 4) is 17.2 Å². The number of allylic oxidation sites excluding steroid dienone is 1. The van der Waals surface area contributed by atoms with Gasteiger partial charge in [0, 0.05) is 16.8 Å². The van der Waals surface area contributed by atoms with Crippen LogP contribution in [0.15, 0.2) is 72.8 Å². The zero-order valence-electron chi connectivity index (χ0n) is 19.0. The summed E-state index contributed by atoms with van der Waals surface area (Å²) >= 11 is 5.20. The van der Waals surface area contributed by atoms with E-state index in [4.69, 9.17) is 26.4 Å². The summed E-state index contributed by atoms with van der Waals surface area (Å²) < 4.78 is 16.0. The Morgan fingerprint density at radius 3 is 2.00 bits per heavy atom. The van der Waals surface area contributed by atoms with Crippen molar-refractivity contribution in [3.63, 3.8) is 0 Å². The zero-order chi connectivity index (χ0) is 24.5. The van der Waals surface area contributed by atoms with Crippen molar-refractivity contribution in [1.82, 2.24) is 5.32 Å². The highest BCUT2D eigenvalue weighted by atomic mass is 32.1. The molecule has 0 aliphatic heterocycles. The third-order valence-corrected chi connectivity index (χ3v) is 5.01. The molecule has 0 spiro atoms. The predicted molar refractivity (Wildman–Crippen MR) is 136 cm³/mol. The average Bonchev–Trinajstić information content (AvgIpc) is 2.87. The quantitative estimate of drug-likeness (QED) is 0.276. The second kappa shape index (κ2) is 11.6. The number of amides is 1. The lowest BCUT2D eigenvalue weighted by Gasteiger charge is -2.12. The fraction of sp³-hybridized carbons (Fsp3) is 0.115. The molecule has 3 aromatic rings. The van der Waals surface area contributed by atoms with Gasteiger partial charge in [0.25, 0.3) is 5.91 Å². The molecular formula is C26H24N2O5S. The Balaban J connectivity index is 1.63. The summed E-state index contributed by atoms with van der Waals surface area (Å²) in [7, 11) is 4.59. The number of rotatable bonds is 8. The molecule has 3 rings (SSSR count). The van der Waals surface area contributed by atoms with Crippen LogP contribution in [-0.2, 0) is 0 Å². The Hall–Kier alpha value is -4.17. The standard InChI is InChI=1S/C26H24N2O5S/c1-31-22-15-17(16-23(32-2)24(22)33-3)9-14-21(29)18-10-12-20(13-11-18)27-26(34)28-25(30)19-7-5-4-6-8-19/h4-16H,1-3H3,(H2,27,28,30,34). The lowest BCUT2D eigenvalue weighted by Crippen LogP contribution is -2.34. The number of ether oxygens (including phenoxy) is 3. The number of benzene rings is 3. The summed E-state index contributed by atoms with van der Waals surface area (Å²) in [6.07, 6.45) is 3.14. The summed E-state index contributed by atoms with van der Waals surface area (Å²) in [5.74, 6) is 0.996. The van der Waals surface area contributed by atoms with Crippen LogP contribution in [-0.4, -0.2) is 38.1 Å². The first-order valence-corrected chi connectivity index (χ1v) is 10.7. The number of hydrogen-bond donors (Lipinski definition) is 2. The molecule has 0 saturated carbocycles. The molecule has 0 fully saturated rings. The van der Waals surface area contributed by atoms with Gasteiger partial charge in [0.2, 0.25) is 5.75 Å². The van der Waals surface area contributed by atoms with E-state index >= 15 is 0 Å². The molecule has 2 N–H and O–H groups in total. The van der Waals surface area contributed by atoms with Crippen molar-refractivity contribution in [3.05, 3.63) is 89.5 Å². The van der Waals surface area contributed by atoms with Crippen molar-refractivity contribution in [2.45, 2.75) is 0 Å². The van der Waals surface area contributed by atoms with Gasteiger partial charge in [-0.2, -0.15) is 0 Å². The van der Waals surface area contributed by atoms with E-state index in [1.54, 1.807) is 66.7 Å². The SMILES string of the molecule is COc1cc(C=CC(=O)c2ccc(NC(=S)NC(=O)c3ccccc3)cc2)cc(OC)c1OC. The number of thiocarbonyl (C=S) groups is 1. The highest BCUT2D eigenvalue weighted by Gasteiger charge is 2.12. The Morgan fingerprint density at radius 2 is 1.44 bits per heavy atom. The number of hydrogen-bond acceptors (Lipinski definition) is 6. The molecule has 7 nitrogen and oxygen atoms in total. The average molecular weight is 477 g/mol. The maximum atomic E-state index is 12.6. The van der Waals surface area contributed by atoms with E-state index in [-0.39, 0.29) is 16.8 Å². The normalized spacial score (nSPS) is 10.4. The van der Waals surface area contributed by atoms with Crippen molar-refractivity contribution in [2.24, 2.45) is 0 Å². The number of methoxy groups -OCH3 is 3. The lowest BCUT2D eigenvalue weighted by atomic mass is 10.1. The minimum atomic E-state index is -0.304. The van der Waals surface area contributed by atoms with Crippen LogP contribution in [0.2, 0.25) is 0 Å². The minimum Gasteiger partial charge on any atom is -0.493 e. The van der Waals surface area contributed by atoms with Crippen LogP contribution in [0.5, 0.6) is 17.2 Å². The van der Waals surface area contributed by atoms with Gasteiger partial charge in [-0.3, -0.25) is 14.9 Å². The van der Waals surface area contributed by atoms with Gasteiger partial charge in [-0.15, -0.1) is 0 Å². The first kappa shape index (κ1) is 24.5. The molecule has 0 atom stereocenters. The van der Waals surface area contributed by atoms with Crippen LogP contribution in [0, 0.1) is 0 Å². The van der Waals surface area contributed by atoms with E-state index < -0.39 is 0 Å². The first-order valence-electron chi connectivity index (χ1n) is 10.2. The van der Waals surface area contributed by atoms with Gasteiger partial charge in [0.1, 0.15) is 0 Å². The van der Waals surface area contributed by atoms with Crippen molar-refractivity contribution < 1.29 is 23.8 Å². The van der Waals surface area contributed by atoms with E-state index in [0.29, 0.717) is 34.1 Å². The number of nitrogens with one attached hydrogen (secondary N) is 2. The molecule has 0 heterocycles. The topological polar surface area (TPSA) is 85.9 Å². The lowest BCUT2D eigenvalue weighted by molar-refractivity contribution is 0.0977. The van der Waals surface area contributed by atoms with Crippen LogP contribution in [0.3, 0.4) is 0 Å². The highest BCUT2D eigenvalue weighted by Crippen LogP contribution is 2.38. The van der Waals surface area contributed by atoms with Crippen molar-refractivity contribution in [2.75, 3.05) is 26.6 Å². The van der Waals surface area contributed by atoms with E-state index in [1.807, 2.05) is 6.07 Å². The van der Waals surface area contributed by atoms with Crippen molar-refractivity contribution in [1.29, 1.82) is 0 Å². The molecule has 1 amide bonds. The highest BCUT2D eigenvalue weighted by molar-refractivity contribution is 7.80. The molecule has 0 aromatic heterocycles. The predicted octanol–water partition coefficient (Wildman–Crippen LogP) is 4.74. The smallest absolute Gasteiger partial charge is 0.257 e. The Morgan fingerprint density at radius 1 is 0.824 bits per heavy atom. The molecule has 34 heavy (non-hydrogen) atoms. The fourth-order valence-corrected chi connectivity index (χ4v) is 3.32. The number of anilines is 1. The first-order chi connectivity index (χ1) is 16.4. The molecule has 0 bridgehead atoms. The minimum absolute atomic E-state index is 0.162. The number of carbonyl (C=O) groups is 2. The molecule has 0 saturated heterocycles. The van der Waals surface area contributed by atoms with Gasteiger partial charge in [-0.05, 0) is 72.4 Å². The molecule has 0 radical (unpaired) electrons. The summed E-state index contributed by atoms with van der Waals surface area (Å²) in [6, 6.07) is 19.0. The molecule has 0 unspecified atom stereocenters. The van der Waals surface area contributed by atoms with Gasteiger partial charge in [-0.25, -0.2) is 0 Å². The zero-order valence-corrected chi connectivity index (χ0v) is 19.8. The largest absolute Gasteiger partial charge is 0.493 e. The van der Waals surface area contributed by atoms with Gasteiger partial charge in [0.05, 0.1) is 21.3 Å². The van der Waals surface area contributed by atoms with E-state index in [9.17, 15) is 9.59 Å². The molecule has 0 aliphatic carbocycles. The number of ketones is 1. The Labute approximate surface area is 203 Å². The van der Waals surface area contributed by atoms with Crippen LogP contribution >= 0.6 is 12.2 Å². The summed E-state index contributed by atoms with van der Waals surface area (Å²) in [4.78, 5) is 24.8. The molecular weight excluding hydrogens is 452 g/mol. The van der Waals surface area contributed by atoms with Crippen LogP contribution in [0.1, 0.15) is 26.3 Å². The Bertz CT molecular complexity index is 1180. The summed E-state index contributed by atoms with van der Waals surface area (Å²) in [5.41, 5.74) is 2.36. The molecule has 0 aliphatic rings. The van der Waals surface area contributed by atoms with E-state index in [1.165, 1.54) is 27.4 Å².